The Hall–Kier alpha value is -0.810. The lowest BCUT2D eigenvalue weighted by Crippen LogP contribution is -2.44. The van der Waals surface area contributed by atoms with E-state index in [9.17, 15) is 0 Å². The zero-order chi connectivity index (χ0) is 13.6. The number of guanidine groups is 1. The molecule has 0 radical (unpaired) electrons. The summed E-state index contributed by atoms with van der Waals surface area (Å²) in [5.41, 5.74) is 3.08. The van der Waals surface area contributed by atoms with Gasteiger partial charge in [-0.2, -0.15) is 0 Å². The summed E-state index contributed by atoms with van der Waals surface area (Å²) in [6, 6.07) is 0. The number of hydrazine groups is 1. The van der Waals surface area contributed by atoms with Crippen LogP contribution < -0.4 is 11.3 Å². The Kier molecular flexibility index (Phi) is 5.88. The van der Waals surface area contributed by atoms with E-state index in [2.05, 4.69) is 36.1 Å². The second-order valence-corrected chi connectivity index (χ2v) is 5.99. The van der Waals surface area contributed by atoms with Crippen LogP contribution in [0.15, 0.2) is 4.99 Å². The minimum atomic E-state index is 0.352. The molecule has 0 aromatic carbocycles. The highest BCUT2D eigenvalue weighted by Crippen LogP contribution is 2.33. The predicted octanol–water partition coefficient (Wildman–Crippen LogP) is 1.21. The number of nitrogens with two attached hydrogens (primary N) is 1. The number of rotatable bonds is 4. The van der Waals surface area contributed by atoms with E-state index in [4.69, 9.17) is 10.6 Å². The van der Waals surface area contributed by atoms with Crippen molar-refractivity contribution in [2.24, 2.45) is 22.2 Å². The van der Waals surface area contributed by atoms with Crippen LogP contribution in [0.4, 0.5) is 0 Å². The molecule has 0 aromatic heterocycles. The number of methoxy groups -OCH3 is 1. The Balaban J connectivity index is 2.47. The van der Waals surface area contributed by atoms with Crippen molar-refractivity contribution in [3.63, 3.8) is 0 Å². The number of nitrogens with one attached hydrogen (secondary N) is 1. The molecule has 3 N–H and O–H groups in total. The normalized spacial score (nSPS) is 21.5. The molecule has 18 heavy (non-hydrogen) atoms. The Morgan fingerprint density at radius 1 is 1.50 bits per heavy atom. The molecule has 1 aliphatic heterocycles. The standard InChI is InChI=1S/C13H28N4O/c1-13(2,3)11-6-8-17(10-11)12(16-14)15-7-5-9-18-4/h11H,5-10,14H2,1-4H3,(H,15,16). The topological polar surface area (TPSA) is 62.9 Å². The van der Waals surface area contributed by atoms with Crippen LogP contribution in [0, 0.1) is 11.3 Å². The molecule has 0 bridgehead atoms. The van der Waals surface area contributed by atoms with E-state index in [1.807, 2.05) is 0 Å². The zero-order valence-electron chi connectivity index (χ0n) is 12.2. The SMILES string of the molecule is COCCCN=C(NN)N1CCC(C(C)(C)C)C1. The van der Waals surface area contributed by atoms with Crippen LogP contribution in [-0.2, 0) is 4.74 Å². The van der Waals surface area contributed by atoms with Crippen molar-refractivity contribution in [1.29, 1.82) is 0 Å². The third kappa shape index (κ3) is 4.46. The summed E-state index contributed by atoms with van der Waals surface area (Å²) in [6.07, 6.45) is 2.14. The van der Waals surface area contributed by atoms with Gasteiger partial charge in [0.05, 0.1) is 0 Å². The molecule has 0 aliphatic carbocycles. The van der Waals surface area contributed by atoms with Crippen LogP contribution in [0.25, 0.3) is 0 Å². The lowest BCUT2D eigenvalue weighted by Gasteiger charge is -2.27. The summed E-state index contributed by atoms with van der Waals surface area (Å²) in [6.45, 7) is 10.5. The van der Waals surface area contributed by atoms with E-state index in [-0.39, 0.29) is 0 Å². The molecule has 1 atom stereocenters. The van der Waals surface area contributed by atoms with E-state index in [1.54, 1.807) is 7.11 Å². The quantitative estimate of drug-likeness (QED) is 0.261. The molecule has 5 nitrogen and oxygen atoms in total. The van der Waals surface area contributed by atoms with Gasteiger partial charge in [-0.3, -0.25) is 10.4 Å². The van der Waals surface area contributed by atoms with Crippen LogP contribution in [0.1, 0.15) is 33.6 Å². The molecule has 1 rings (SSSR count). The third-order valence-corrected chi connectivity index (χ3v) is 3.61. The van der Waals surface area contributed by atoms with Gasteiger partial charge in [0, 0.05) is 33.4 Å². The van der Waals surface area contributed by atoms with Gasteiger partial charge < -0.3 is 9.64 Å². The largest absolute Gasteiger partial charge is 0.385 e. The monoisotopic (exact) mass is 256 g/mol. The van der Waals surface area contributed by atoms with Crippen molar-refractivity contribution in [2.75, 3.05) is 33.4 Å². The van der Waals surface area contributed by atoms with Crippen molar-refractivity contribution in [3.8, 4) is 0 Å². The van der Waals surface area contributed by atoms with E-state index < -0.39 is 0 Å². The second-order valence-electron chi connectivity index (χ2n) is 5.99. The van der Waals surface area contributed by atoms with E-state index >= 15 is 0 Å². The predicted molar refractivity (Wildman–Crippen MR) is 75.3 cm³/mol. The van der Waals surface area contributed by atoms with Gasteiger partial charge >= 0.3 is 0 Å². The molecular weight excluding hydrogens is 228 g/mol. The molecule has 0 aromatic rings. The molecule has 0 spiro atoms. The molecule has 0 amide bonds. The number of likely N-dealkylation sites (tertiary alicyclic amines) is 1. The Morgan fingerprint density at radius 3 is 2.72 bits per heavy atom. The molecule has 1 heterocycles. The van der Waals surface area contributed by atoms with Crippen LogP contribution in [0.2, 0.25) is 0 Å². The Labute approximate surface area is 111 Å². The first-order valence-electron chi connectivity index (χ1n) is 6.74. The summed E-state index contributed by atoms with van der Waals surface area (Å²) in [5, 5.41) is 0. The minimum Gasteiger partial charge on any atom is -0.385 e. The summed E-state index contributed by atoms with van der Waals surface area (Å²) in [7, 11) is 1.71. The van der Waals surface area contributed by atoms with Crippen molar-refractivity contribution in [3.05, 3.63) is 0 Å². The van der Waals surface area contributed by atoms with Crippen molar-refractivity contribution in [2.45, 2.75) is 33.6 Å². The second kappa shape index (κ2) is 6.95. The average molecular weight is 256 g/mol. The lowest BCUT2D eigenvalue weighted by molar-refractivity contribution is 0.197. The lowest BCUT2D eigenvalue weighted by atomic mass is 9.80. The first-order chi connectivity index (χ1) is 8.49. The number of hydrogen-bond acceptors (Lipinski definition) is 3. The number of hydrogen-bond donors (Lipinski definition) is 2. The molecule has 5 heteroatoms. The molecule has 106 valence electrons. The summed E-state index contributed by atoms with van der Waals surface area (Å²) < 4.78 is 5.01. The van der Waals surface area contributed by atoms with Gasteiger partial charge in [0.25, 0.3) is 0 Å². The van der Waals surface area contributed by atoms with Crippen LogP contribution in [0.5, 0.6) is 0 Å². The summed E-state index contributed by atoms with van der Waals surface area (Å²) in [5.74, 6) is 7.09. The number of nitrogens with zero attached hydrogens (tertiary/aromatic N) is 2. The maximum Gasteiger partial charge on any atom is 0.208 e. The van der Waals surface area contributed by atoms with Gasteiger partial charge in [-0.15, -0.1) is 0 Å². The van der Waals surface area contributed by atoms with Gasteiger partial charge in [0.15, 0.2) is 0 Å². The Bertz CT molecular complexity index is 273. The van der Waals surface area contributed by atoms with E-state index in [0.717, 1.165) is 38.6 Å². The maximum atomic E-state index is 5.57. The smallest absolute Gasteiger partial charge is 0.208 e. The van der Waals surface area contributed by atoms with Crippen molar-refractivity contribution in [1.82, 2.24) is 10.3 Å². The Morgan fingerprint density at radius 2 is 2.22 bits per heavy atom. The highest BCUT2D eigenvalue weighted by molar-refractivity contribution is 5.79. The highest BCUT2D eigenvalue weighted by Gasteiger charge is 2.32. The van der Waals surface area contributed by atoms with Crippen molar-refractivity contribution < 1.29 is 4.74 Å². The average Bonchev–Trinajstić information content (AvgIpc) is 2.78. The van der Waals surface area contributed by atoms with Crippen LogP contribution in [-0.4, -0.2) is 44.2 Å². The van der Waals surface area contributed by atoms with Gasteiger partial charge in [-0.25, -0.2) is 5.84 Å². The number of aliphatic imine (C=N–C) groups is 1. The van der Waals surface area contributed by atoms with Gasteiger partial charge in [-0.1, -0.05) is 20.8 Å². The van der Waals surface area contributed by atoms with E-state index in [1.165, 1.54) is 6.42 Å². The highest BCUT2D eigenvalue weighted by atomic mass is 16.5. The fourth-order valence-electron chi connectivity index (χ4n) is 2.29. The minimum absolute atomic E-state index is 0.352. The zero-order valence-corrected chi connectivity index (χ0v) is 12.2. The fraction of sp³-hybridized carbons (Fsp3) is 0.923. The van der Waals surface area contributed by atoms with Crippen molar-refractivity contribution >= 4 is 5.96 Å². The first kappa shape index (κ1) is 15.2. The molecule has 1 fully saturated rings. The van der Waals surface area contributed by atoms with Crippen LogP contribution in [0.3, 0.4) is 0 Å². The first-order valence-corrected chi connectivity index (χ1v) is 6.74. The molecule has 1 unspecified atom stereocenters. The van der Waals surface area contributed by atoms with Gasteiger partial charge in [0.1, 0.15) is 0 Å². The van der Waals surface area contributed by atoms with Crippen LogP contribution >= 0.6 is 0 Å². The third-order valence-electron chi connectivity index (χ3n) is 3.61. The molecule has 1 aliphatic rings. The van der Waals surface area contributed by atoms with Gasteiger partial charge in [-0.05, 0) is 24.2 Å². The number of ether oxygens (including phenoxy) is 1. The fourth-order valence-corrected chi connectivity index (χ4v) is 2.29. The van der Waals surface area contributed by atoms with E-state index in [0.29, 0.717) is 11.3 Å². The summed E-state index contributed by atoms with van der Waals surface area (Å²) in [4.78, 5) is 6.76. The molecule has 0 saturated carbocycles. The summed E-state index contributed by atoms with van der Waals surface area (Å²) >= 11 is 0. The molecular formula is C13H28N4O. The van der Waals surface area contributed by atoms with Gasteiger partial charge in [0.2, 0.25) is 5.96 Å². The molecule has 1 saturated heterocycles. The maximum absolute atomic E-state index is 5.57.